The summed E-state index contributed by atoms with van der Waals surface area (Å²) >= 11 is 0. The number of rotatable bonds is 2. The number of imidazole rings is 1. The maximum absolute atomic E-state index is 12.0. The Bertz CT molecular complexity index is 588. The van der Waals surface area contributed by atoms with Crippen LogP contribution < -0.4 is 0 Å². The van der Waals surface area contributed by atoms with Crippen molar-refractivity contribution in [1.82, 2.24) is 14.3 Å². The molecule has 94 valence electrons. The van der Waals surface area contributed by atoms with Crippen LogP contribution in [0.1, 0.15) is 31.2 Å². The average molecular weight is 243 g/mol. The van der Waals surface area contributed by atoms with Crippen molar-refractivity contribution in [2.24, 2.45) is 0 Å². The van der Waals surface area contributed by atoms with E-state index in [1.807, 2.05) is 36.2 Å². The number of aromatic nitrogens is 2. The average Bonchev–Trinajstić information content (AvgIpc) is 2.76. The van der Waals surface area contributed by atoms with E-state index in [1.54, 1.807) is 0 Å². The first kappa shape index (κ1) is 11.3. The van der Waals surface area contributed by atoms with Crippen molar-refractivity contribution in [3.63, 3.8) is 0 Å². The zero-order chi connectivity index (χ0) is 12.5. The molecule has 0 fully saturated rings. The normalized spacial score (nSPS) is 14.8. The number of hydrogen-bond acceptors (Lipinski definition) is 2. The van der Waals surface area contributed by atoms with Gasteiger partial charge >= 0.3 is 0 Å². The van der Waals surface area contributed by atoms with Gasteiger partial charge in [-0.05, 0) is 18.6 Å². The van der Waals surface area contributed by atoms with Crippen molar-refractivity contribution in [2.75, 3.05) is 6.54 Å². The summed E-state index contributed by atoms with van der Waals surface area (Å²) in [6, 6.07) is 6.01. The van der Waals surface area contributed by atoms with E-state index >= 15 is 0 Å². The number of fused-ring (bicyclic) bond motifs is 3. The lowest BCUT2D eigenvalue weighted by atomic mass is 10.1. The molecule has 1 aliphatic rings. The predicted molar refractivity (Wildman–Crippen MR) is 69.2 cm³/mol. The van der Waals surface area contributed by atoms with Crippen LogP contribution in [0.25, 0.3) is 5.65 Å². The molecule has 1 aliphatic heterocycles. The summed E-state index contributed by atoms with van der Waals surface area (Å²) in [5.41, 5.74) is 3.29. The Labute approximate surface area is 106 Å². The van der Waals surface area contributed by atoms with E-state index in [0.717, 1.165) is 30.7 Å². The van der Waals surface area contributed by atoms with Crippen LogP contribution in [-0.4, -0.2) is 26.7 Å². The molecule has 2 aromatic rings. The maximum atomic E-state index is 12.0. The Kier molecular flexibility index (Phi) is 2.78. The molecule has 0 radical (unpaired) electrons. The molecule has 0 bridgehead atoms. The molecule has 4 heteroatoms. The number of hydrogen-bond donors (Lipinski definition) is 0. The molecule has 0 aliphatic carbocycles. The van der Waals surface area contributed by atoms with E-state index in [4.69, 9.17) is 0 Å². The summed E-state index contributed by atoms with van der Waals surface area (Å²) in [4.78, 5) is 18.5. The largest absolute Gasteiger partial charge is 0.336 e. The topological polar surface area (TPSA) is 37.6 Å². The Morgan fingerprint density at radius 2 is 2.33 bits per heavy atom. The lowest BCUT2D eigenvalue weighted by Crippen LogP contribution is -2.36. The van der Waals surface area contributed by atoms with Crippen molar-refractivity contribution >= 4 is 11.6 Å². The first-order chi connectivity index (χ1) is 8.79. The summed E-state index contributed by atoms with van der Waals surface area (Å²) in [5.74, 6) is 0.258. The fourth-order valence-corrected chi connectivity index (χ4v) is 2.55. The van der Waals surface area contributed by atoms with Gasteiger partial charge in [0.2, 0.25) is 5.91 Å². The van der Waals surface area contributed by atoms with E-state index < -0.39 is 0 Å². The fraction of sp³-hybridized carbons (Fsp3) is 0.429. The molecule has 4 nitrogen and oxygen atoms in total. The van der Waals surface area contributed by atoms with Crippen molar-refractivity contribution in [3.8, 4) is 0 Å². The van der Waals surface area contributed by atoms with Crippen LogP contribution in [-0.2, 0) is 17.8 Å². The van der Waals surface area contributed by atoms with Gasteiger partial charge < -0.3 is 9.30 Å². The standard InChI is InChI=1S/C14H17N3O/c1-2-5-14(18)16-9-7-11-12(10-16)17-8-4-3-6-13(17)15-11/h3-4,6,8H,2,5,7,9-10H2,1H3. The first-order valence-electron chi connectivity index (χ1n) is 6.52. The highest BCUT2D eigenvalue weighted by molar-refractivity contribution is 5.76. The Morgan fingerprint density at radius 1 is 1.44 bits per heavy atom. The van der Waals surface area contributed by atoms with E-state index in [0.29, 0.717) is 13.0 Å². The molecule has 0 N–H and O–H groups in total. The van der Waals surface area contributed by atoms with E-state index in [1.165, 1.54) is 5.69 Å². The molecule has 2 aromatic heterocycles. The predicted octanol–water partition coefficient (Wildman–Crippen LogP) is 2.02. The zero-order valence-electron chi connectivity index (χ0n) is 10.6. The van der Waals surface area contributed by atoms with Crippen LogP contribution in [0.3, 0.4) is 0 Å². The third kappa shape index (κ3) is 1.78. The van der Waals surface area contributed by atoms with Gasteiger partial charge in [-0.25, -0.2) is 4.98 Å². The summed E-state index contributed by atoms with van der Waals surface area (Å²) in [7, 11) is 0. The molecule has 18 heavy (non-hydrogen) atoms. The van der Waals surface area contributed by atoms with Crippen LogP contribution in [0.15, 0.2) is 24.4 Å². The van der Waals surface area contributed by atoms with Gasteiger partial charge in [-0.2, -0.15) is 0 Å². The van der Waals surface area contributed by atoms with Crippen LogP contribution in [0.4, 0.5) is 0 Å². The molecule has 0 aromatic carbocycles. The minimum Gasteiger partial charge on any atom is -0.336 e. The fourth-order valence-electron chi connectivity index (χ4n) is 2.55. The van der Waals surface area contributed by atoms with Crippen LogP contribution in [0, 0.1) is 0 Å². The van der Waals surface area contributed by atoms with Gasteiger partial charge in [-0.1, -0.05) is 13.0 Å². The quantitative estimate of drug-likeness (QED) is 0.809. The number of amides is 1. The molecule has 0 unspecified atom stereocenters. The second-order valence-corrected chi connectivity index (χ2v) is 4.75. The van der Waals surface area contributed by atoms with Gasteiger partial charge in [0, 0.05) is 25.6 Å². The molecule has 3 heterocycles. The first-order valence-corrected chi connectivity index (χ1v) is 6.52. The number of carbonyl (C=O) groups excluding carboxylic acids is 1. The lowest BCUT2D eigenvalue weighted by molar-refractivity contribution is -0.132. The van der Waals surface area contributed by atoms with E-state index in [9.17, 15) is 4.79 Å². The Balaban J connectivity index is 1.94. The second-order valence-electron chi connectivity index (χ2n) is 4.75. The van der Waals surface area contributed by atoms with Gasteiger partial charge in [0.25, 0.3) is 0 Å². The van der Waals surface area contributed by atoms with Crippen molar-refractivity contribution in [2.45, 2.75) is 32.7 Å². The highest BCUT2D eigenvalue weighted by Crippen LogP contribution is 2.20. The van der Waals surface area contributed by atoms with Gasteiger partial charge in [0.05, 0.1) is 17.9 Å². The third-order valence-corrected chi connectivity index (χ3v) is 3.49. The van der Waals surface area contributed by atoms with Gasteiger partial charge in [-0.3, -0.25) is 4.79 Å². The molecular formula is C14H17N3O. The van der Waals surface area contributed by atoms with Gasteiger partial charge in [0.1, 0.15) is 5.65 Å². The Hall–Kier alpha value is -1.84. The smallest absolute Gasteiger partial charge is 0.222 e. The number of pyridine rings is 1. The van der Waals surface area contributed by atoms with Gasteiger partial charge in [-0.15, -0.1) is 0 Å². The van der Waals surface area contributed by atoms with E-state index in [2.05, 4.69) is 9.38 Å². The number of nitrogens with zero attached hydrogens (tertiary/aromatic N) is 3. The summed E-state index contributed by atoms with van der Waals surface area (Å²) in [6.45, 7) is 3.54. The molecule has 1 amide bonds. The molecule has 0 atom stereocenters. The van der Waals surface area contributed by atoms with Crippen molar-refractivity contribution in [1.29, 1.82) is 0 Å². The summed E-state index contributed by atoms with van der Waals surface area (Å²) in [5, 5.41) is 0. The molecule has 0 saturated heterocycles. The van der Waals surface area contributed by atoms with Crippen LogP contribution in [0.2, 0.25) is 0 Å². The maximum Gasteiger partial charge on any atom is 0.222 e. The summed E-state index contributed by atoms with van der Waals surface area (Å²) < 4.78 is 2.10. The second kappa shape index (κ2) is 4.44. The molecule has 0 spiro atoms. The zero-order valence-corrected chi connectivity index (χ0v) is 10.6. The molecular weight excluding hydrogens is 226 g/mol. The minimum atomic E-state index is 0.258. The van der Waals surface area contributed by atoms with E-state index in [-0.39, 0.29) is 5.91 Å². The summed E-state index contributed by atoms with van der Waals surface area (Å²) in [6.07, 6.45) is 4.45. The van der Waals surface area contributed by atoms with Crippen molar-refractivity contribution in [3.05, 3.63) is 35.8 Å². The number of carbonyl (C=O) groups is 1. The highest BCUT2D eigenvalue weighted by atomic mass is 16.2. The van der Waals surface area contributed by atoms with Gasteiger partial charge in [0.15, 0.2) is 0 Å². The molecule has 0 saturated carbocycles. The van der Waals surface area contributed by atoms with Crippen LogP contribution >= 0.6 is 0 Å². The van der Waals surface area contributed by atoms with Crippen molar-refractivity contribution < 1.29 is 4.79 Å². The minimum absolute atomic E-state index is 0.258. The monoisotopic (exact) mass is 243 g/mol. The Morgan fingerprint density at radius 3 is 3.17 bits per heavy atom. The van der Waals surface area contributed by atoms with Crippen LogP contribution in [0.5, 0.6) is 0 Å². The SMILES string of the molecule is CCCC(=O)N1CCc2nc3ccccn3c2C1. The lowest BCUT2D eigenvalue weighted by Gasteiger charge is -2.26. The third-order valence-electron chi connectivity index (χ3n) is 3.49. The highest BCUT2D eigenvalue weighted by Gasteiger charge is 2.23. The molecule has 3 rings (SSSR count).